The van der Waals surface area contributed by atoms with Gasteiger partial charge in [-0.25, -0.2) is 0 Å². The van der Waals surface area contributed by atoms with Crippen LogP contribution in [0.15, 0.2) is 34.7 Å². The van der Waals surface area contributed by atoms with Crippen LogP contribution in [0.4, 0.5) is 14.5 Å². The summed E-state index contributed by atoms with van der Waals surface area (Å²) in [4.78, 5) is 12.6. The van der Waals surface area contributed by atoms with Crippen molar-refractivity contribution in [3.63, 3.8) is 0 Å². The van der Waals surface area contributed by atoms with E-state index in [0.29, 0.717) is 33.6 Å². The van der Waals surface area contributed by atoms with Gasteiger partial charge in [0.2, 0.25) is 0 Å². The zero-order chi connectivity index (χ0) is 17.7. The highest BCUT2D eigenvalue weighted by molar-refractivity contribution is 7.99. The summed E-state index contributed by atoms with van der Waals surface area (Å²) in [6.07, 6.45) is 1.46. The molecule has 0 aliphatic carbocycles. The maximum absolute atomic E-state index is 12.3. The Labute approximate surface area is 141 Å². The second-order valence-corrected chi connectivity index (χ2v) is 5.94. The Morgan fingerprint density at radius 1 is 1.38 bits per heavy atom. The van der Waals surface area contributed by atoms with Gasteiger partial charge < -0.3 is 5.32 Å². The summed E-state index contributed by atoms with van der Waals surface area (Å²) in [5.74, 6) is -3.08. The number of nitrogens with zero attached hydrogens (tertiary/aromatic N) is 2. The molecule has 0 atom stereocenters. The Kier molecular flexibility index (Phi) is 5.71. The van der Waals surface area contributed by atoms with Crippen molar-refractivity contribution < 1.29 is 13.6 Å². The molecule has 2 aromatic rings. The van der Waals surface area contributed by atoms with E-state index in [9.17, 15) is 18.8 Å². The number of amides is 1. The molecule has 0 aliphatic heterocycles. The number of carbonyl (C=O) groups is 1. The summed E-state index contributed by atoms with van der Waals surface area (Å²) in [7, 11) is 0. The van der Waals surface area contributed by atoms with Gasteiger partial charge in [0.05, 0.1) is 5.69 Å². The molecule has 0 saturated carbocycles. The molecule has 1 aromatic carbocycles. The van der Waals surface area contributed by atoms with Crippen molar-refractivity contribution >= 4 is 29.4 Å². The van der Waals surface area contributed by atoms with Gasteiger partial charge in [0.15, 0.2) is 0 Å². The first kappa shape index (κ1) is 17.7. The maximum Gasteiger partial charge on any atom is 0.288 e. The van der Waals surface area contributed by atoms with Crippen molar-refractivity contribution in [1.29, 1.82) is 5.26 Å². The topological polar surface area (TPSA) is 81.6 Å². The van der Waals surface area contributed by atoms with Crippen LogP contribution < -0.4 is 5.32 Å². The second kappa shape index (κ2) is 7.75. The smallest absolute Gasteiger partial charge is 0.288 e. The highest BCUT2D eigenvalue weighted by atomic mass is 32.2. The van der Waals surface area contributed by atoms with Gasteiger partial charge in [-0.2, -0.15) is 19.1 Å². The average Bonchev–Trinajstić information content (AvgIpc) is 2.85. The van der Waals surface area contributed by atoms with Gasteiger partial charge in [-0.15, -0.1) is 0 Å². The standard InChI is InChI=1S/C16H14F2N4OS/c1-9-14(10(2)22-21-9)7-11(8-19)15(23)20-12-3-5-13(6-4-12)24-16(17)18/h3-7,16H,1-2H3,(H,20,23)(H,21,22)/b11-7+. The van der Waals surface area contributed by atoms with Crippen LogP contribution in [-0.4, -0.2) is 21.9 Å². The van der Waals surface area contributed by atoms with Gasteiger partial charge in [0.25, 0.3) is 11.7 Å². The summed E-state index contributed by atoms with van der Waals surface area (Å²) in [5, 5.41) is 18.6. The minimum Gasteiger partial charge on any atom is -0.321 e. The minimum atomic E-state index is -2.50. The lowest BCUT2D eigenvalue weighted by molar-refractivity contribution is -0.112. The van der Waals surface area contributed by atoms with E-state index in [0.717, 1.165) is 5.69 Å². The number of anilines is 1. The third-order valence-electron chi connectivity index (χ3n) is 3.18. The fourth-order valence-electron chi connectivity index (χ4n) is 1.98. The first-order valence-electron chi connectivity index (χ1n) is 6.90. The molecule has 0 saturated heterocycles. The largest absolute Gasteiger partial charge is 0.321 e. The lowest BCUT2D eigenvalue weighted by Crippen LogP contribution is -2.13. The molecular weight excluding hydrogens is 334 g/mol. The van der Waals surface area contributed by atoms with Crippen molar-refractivity contribution in [2.75, 3.05) is 5.32 Å². The lowest BCUT2D eigenvalue weighted by atomic mass is 10.1. The molecule has 5 nitrogen and oxygen atoms in total. The van der Waals surface area contributed by atoms with Crippen LogP contribution in [0.3, 0.4) is 0 Å². The Morgan fingerprint density at radius 2 is 2.04 bits per heavy atom. The molecule has 0 bridgehead atoms. The number of alkyl halides is 2. The highest BCUT2D eigenvalue weighted by Gasteiger charge is 2.13. The van der Waals surface area contributed by atoms with Crippen molar-refractivity contribution in [1.82, 2.24) is 10.2 Å². The van der Waals surface area contributed by atoms with Crippen LogP contribution >= 0.6 is 11.8 Å². The number of H-pyrrole nitrogens is 1. The monoisotopic (exact) mass is 348 g/mol. The van der Waals surface area contributed by atoms with Gasteiger partial charge in [-0.05, 0) is 44.2 Å². The molecule has 0 spiro atoms. The number of aryl methyl sites for hydroxylation is 2. The van der Waals surface area contributed by atoms with Crippen LogP contribution in [0.1, 0.15) is 17.0 Å². The summed E-state index contributed by atoms with van der Waals surface area (Å²) in [5.41, 5.74) is 2.46. The number of aromatic amines is 1. The number of benzene rings is 1. The zero-order valence-corrected chi connectivity index (χ0v) is 13.7. The molecule has 1 aromatic heterocycles. The molecule has 0 radical (unpaired) electrons. The summed E-state index contributed by atoms with van der Waals surface area (Å²) < 4.78 is 24.5. The molecule has 124 valence electrons. The number of rotatable bonds is 5. The van der Waals surface area contributed by atoms with E-state index in [2.05, 4.69) is 15.5 Å². The molecule has 24 heavy (non-hydrogen) atoms. The molecule has 1 heterocycles. The summed E-state index contributed by atoms with van der Waals surface area (Å²) in [6, 6.07) is 7.83. The van der Waals surface area contributed by atoms with E-state index < -0.39 is 11.7 Å². The molecule has 2 rings (SSSR count). The van der Waals surface area contributed by atoms with Gasteiger partial charge >= 0.3 is 0 Å². The normalized spacial score (nSPS) is 11.4. The number of nitriles is 1. The molecule has 0 aliphatic rings. The molecule has 8 heteroatoms. The SMILES string of the molecule is Cc1n[nH]c(C)c1/C=C(\C#N)C(=O)Nc1ccc(SC(F)F)cc1. The van der Waals surface area contributed by atoms with Crippen LogP contribution in [0.5, 0.6) is 0 Å². The number of thioether (sulfide) groups is 1. The van der Waals surface area contributed by atoms with Gasteiger partial charge in [0, 0.05) is 21.8 Å². The number of halogens is 2. The maximum atomic E-state index is 12.3. The molecule has 2 N–H and O–H groups in total. The Hall–Kier alpha value is -2.66. The van der Waals surface area contributed by atoms with E-state index in [1.807, 2.05) is 6.07 Å². The number of hydrogen-bond acceptors (Lipinski definition) is 4. The second-order valence-electron chi connectivity index (χ2n) is 4.87. The van der Waals surface area contributed by atoms with Crippen molar-refractivity contribution in [2.45, 2.75) is 24.5 Å². The Bertz CT molecular complexity index is 787. The lowest BCUT2D eigenvalue weighted by Gasteiger charge is -2.06. The third-order valence-corrected chi connectivity index (χ3v) is 3.90. The zero-order valence-electron chi connectivity index (χ0n) is 12.9. The molecule has 0 fully saturated rings. The number of hydrogen-bond donors (Lipinski definition) is 2. The van der Waals surface area contributed by atoms with Gasteiger partial charge in [0.1, 0.15) is 11.6 Å². The fraction of sp³-hybridized carbons (Fsp3) is 0.188. The van der Waals surface area contributed by atoms with Gasteiger partial charge in [-0.3, -0.25) is 9.89 Å². The molecule has 0 unspecified atom stereocenters. The van der Waals surface area contributed by atoms with Crippen molar-refractivity contribution in [2.24, 2.45) is 0 Å². The predicted molar refractivity (Wildman–Crippen MR) is 88.6 cm³/mol. The molecular formula is C16H14F2N4OS. The first-order valence-corrected chi connectivity index (χ1v) is 7.78. The van der Waals surface area contributed by atoms with Crippen LogP contribution in [-0.2, 0) is 4.79 Å². The van der Waals surface area contributed by atoms with E-state index in [4.69, 9.17) is 0 Å². The number of nitrogens with one attached hydrogen (secondary N) is 2. The predicted octanol–water partition coefficient (Wildman–Crippen LogP) is 3.89. The highest BCUT2D eigenvalue weighted by Crippen LogP contribution is 2.26. The van der Waals surface area contributed by atoms with E-state index >= 15 is 0 Å². The minimum absolute atomic E-state index is 0.0753. The number of carbonyl (C=O) groups excluding carboxylic acids is 1. The van der Waals surface area contributed by atoms with Crippen molar-refractivity contribution in [3.8, 4) is 6.07 Å². The summed E-state index contributed by atoms with van der Waals surface area (Å²) >= 11 is 0.423. The van der Waals surface area contributed by atoms with E-state index in [1.165, 1.54) is 30.3 Å². The van der Waals surface area contributed by atoms with Crippen LogP contribution in [0.25, 0.3) is 6.08 Å². The Balaban J connectivity index is 2.14. The van der Waals surface area contributed by atoms with E-state index in [-0.39, 0.29) is 5.57 Å². The fourth-order valence-corrected chi connectivity index (χ4v) is 2.48. The third kappa shape index (κ3) is 4.43. The quantitative estimate of drug-likeness (QED) is 0.488. The first-order chi connectivity index (χ1) is 11.4. The van der Waals surface area contributed by atoms with Crippen LogP contribution in [0, 0.1) is 25.2 Å². The Morgan fingerprint density at radius 3 is 2.54 bits per heavy atom. The van der Waals surface area contributed by atoms with Crippen LogP contribution in [0.2, 0.25) is 0 Å². The molecule has 1 amide bonds. The van der Waals surface area contributed by atoms with E-state index in [1.54, 1.807) is 13.8 Å². The summed E-state index contributed by atoms with van der Waals surface area (Å²) in [6.45, 7) is 3.56. The number of aromatic nitrogens is 2. The van der Waals surface area contributed by atoms with Gasteiger partial charge in [-0.1, -0.05) is 11.8 Å². The van der Waals surface area contributed by atoms with Crippen molar-refractivity contribution in [3.05, 3.63) is 46.8 Å². The average molecular weight is 348 g/mol.